The van der Waals surface area contributed by atoms with E-state index >= 15 is 0 Å². The van der Waals surface area contributed by atoms with Crippen LogP contribution in [0.25, 0.3) is 0 Å². The van der Waals surface area contributed by atoms with E-state index in [1.165, 1.54) is 12.1 Å². The summed E-state index contributed by atoms with van der Waals surface area (Å²) in [5.74, 6) is 0. The van der Waals surface area contributed by atoms with Crippen molar-refractivity contribution in [2.75, 3.05) is 12.3 Å². The van der Waals surface area contributed by atoms with Gasteiger partial charge in [0, 0.05) is 12.2 Å². The summed E-state index contributed by atoms with van der Waals surface area (Å²) in [5.41, 5.74) is 6.62. The molecule has 0 aliphatic carbocycles. The van der Waals surface area contributed by atoms with Crippen LogP contribution in [0.2, 0.25) is 0 Å². The van der Waals surface area contributed by atoms with Crippen LogP contribution in [0.4, 0.5) is 10.5 Å². The number of nitrogens with one attached hydrogen (secondary N) is 2. The third kappa shape index (κ3) is 3.92. The normalized spacial score (nSPS) is 11.0. The Balaban J connectivity index is 2.89. The molecule has 0 bridgehead atoms. The third-order valence-electron chi connectivity index (χ3n) is 2.15. The summed E-state index contributed by atoms with van der Waals surface area (Å²) in [6.07, 6.45) is 0.727. The maximum atomic E-state index is 11.9. The van der Waals surface area contributed by atoms with E-state index in [0.717, 1.165) is 6.42 Å². The summed E-state index contributed by atoms with van der Waals surface area (Å²) in [6, 6.07) is 3.67. The fraction of sp³-hybridized carbons (Fsp3) is 0.364. The Morgan fingerprint density at radius 1 is 1.33 bits per heavy atom. The van der Waals surface area contributed by atoms with Crippen LogP contribution in [0.3, 0.4) is 0 Å². The first-order valence-electron chi connectivity index (χ1n) is 5.53. The number of nitrogens with two attached hydrogens (primary N) is 1. The van der Waals surface area contributed by atoms with Crippen molar-refractivity contribution in [1.82, 2.24) is 10.0 Å². The fourth-order valence-electron chi connectivity index (χ4n) is 1.39. The highest BCUT2D eigenvalue weighted by Gasteiger charge is 2.17. The first-order valence-corrected chi connectivity index (χ1v) is 7.01. The summed E-state index contributed by atoms with van der Waals surface area (Å²) < 4.78 is 25.7. The second-order valence-corrected chi connectivity index (χ2v) is 5.62. The Bertz CT molecular complexity index is 520. The van der Waals surface area contributed by atoms with E-state index in [1.54, 1.807) is 13.0 Å². The summed E-state index contributed by atoms with van der Waals surface area (Å²) in [7, 11) is -3.88. The second-order valence-electron chi connectivity index (χ2n) is 3.94. The van der Waals surface area contributed by atoms with Crippen LogP contribution < -0.4 is 15.8 Å². The molecule has 2 amide bonds. The molecule has 1 rings (SSSR count). The minimum Gasteiger partial charge on any atom is -0.399 e. The Hall–Kier alpha value is -1.76. The number of urea groups is 1. The van der Waals surface area contributed by atoms with Crippen molar-refractivity contribution in [1.29, 1.82) is 0 Å². The molecule has 0 saturated heterocycles. The monoisotopic (exact) mass is 271 g/mol. The predicted octanol–water partition coefficient (Wildman–Crippen LogP) is 0.975. The molecule has 7 heteroatoms. The molecule has 0 aliphatic rings. The number of rotatable bonds is 4. The van der Waals surface area contributed by atoms with Gasteiger partial charge in [-0.05, 0) is 37.1 Å². The molecule has 100 valence electrons. The number of carbonyl (C=O) groups excluding carboxylic acids is 1. The van der Waals surface area contributed by atoms with Crippen molar-refractivity contribution in [2.24, 2.45) is 0 Å². The van der Waals surface area contributed by atoms with E-state index in [2.05, 4.69) is 5.32 Å². The Morgan fingerprint density at radius 2 is 2.00 bits per heavy atom. The van der Waals surface area contributed by atoms with Crippen molar-refractivity contribution >= 4 is 21.7 Å². The molecule has 0 fully saturated rings. The molecule has 1 aromatic rings. The van der Waals surface area contributed by atoms with Crippen LogP contribution >= 0.6 is 0 Å². The maximum Gasteiger partial charge on any atom is 0.328 e. The van der Waals surface area contributed by atoms with E-state index < -0.39 is 16.1 Å². The van der Waals surface area contributed by atoms with Gasteiger partial charge in [0.25, 0.3) is 10.0 Å². The van der Waals surface area contributed by atoms with Gasteiger partial charge in [0.2, 0.25) is 0 Å². The highest BCUT2D eigenvalue weighted by atomic mass is 32.2. The van der Waals surface area contributed by atoms with E-state index in [-0.39, 0.29) is 4.90 Å². The smallest absolute Gasteiger partial charge is 0.328 e. The molecule has 6 nitrogen and oxygen atoms in total. The molecule has 0 saturated carbocycles. The molecule has 0 radical (unpaired) electrons. The van der Waals surface area contributed by atoms with Gasteiger partial charge in [-0.25, -0.2) is 17.9 Å². The van der Waals surface area contributed by atoms with Crippen molar-refractivity contribution in [2.45, 2.75) is 25.2 Å². The largest absolute Gasteiger partial charge is 0.399 e. The Morgan fingerprint density at radius 3 is 2.56 bits per heavy atom. The number of hydrogen-bond donors (Lipinski definition) is 3. The van der Waals surface area contributed by atoms with Gasteiger partial charge < -0.3 is 11.1 Å². The summed E-state index contributed by atoms with van der Waals surface area (Å²) in [6.45, 7) is 4.01. The molecule has 0 unspecified atom stereocenters. The quantitative estimate of drug-likeness (QED) is 0.710. The van der Waals surface area contributed by atoms with Gasteiger partial charge in [0.1, 0.15) is 0 Å². The van der Waals surface area contributed by atoms with Crippen LogP contribution in [0.5, 0.6) is 0 Å². The van der Waals surface area contributed by atoms with Gasteiger partial charge in [-0.1, -0.05) is 6.92 Å². The topological polar surface area (TPSA) is 101 Å². The zero-order chi connectivity index (χ0) is 13.8. The van der Waals surface area contributed by atoms with E-state index in [1.807, 2.05) is 11.6 Å². The molecule has 1 aromatic carbocycles. The lowest BCUT2D eigenvalue weighted by atomic mass is 10.2. The highest BCUT2D eigenvalue weighted by Crippen LogP contribution is 2.15. The summed E-state index contributed by atoms with van der Waals surface area (Å²) in [4.78, 5) is 11.3. The number of aryl methyl sites for hydroxylation is 1. The molecule has 18 heavy (non-hydrogen) atoms. The number of benzene rings is 1. The number of amides is 2. The molecule has 4 N–H and O–H groups in total. The number of hydrogen-bond acceptors (Lipinski definition) is 4. The van der Waals surface area contributed by atoms with Crippen molar-refractivity contribution in [3.05, 3.63) is 23.8 Å². The molecule has 0 aliphatic heterocycles. The Kier molecular flexibility index (Phi) is 4.55. The minimum atomic E-state index is -3.88. The lowest BCUT2D eigenvalue weighted by Crippen LogP contribution is -2.39. The molecule has 0 aromatic heterocycles. The maximum absolute atomic E-state index is 11.9. The Labute approximate surface area is 107 Å². The van der Waals surface area contributed by atoms with Crippen molar-refractivity contribution in [3.8, 4) is 0 Å². The number of carbonyl (C=O) groups is 1. The molecule has 0 heterocycles. The number of sulfonamides is 1. The number of nitrogen functional groups attached to an aromatic ring is 1. The van der Waals surface area contributed by atoms with Crippen LogP contribution in [-0.4, -0.2) is 21.0 Å². The predicted molar refractivity (Wildman–Crippen MR) is 69.6 cm³/mol. The second kappa shape index (κ2) is 5.72. The van der Waals surface area contributed by atoms with E-state index in [0.29, 0.717) is 17.8 Å². The fourth-order valence-corrected chi connectivity index (χ4v) is 2.45. The zero-order valence-corrected chi connectivity index (χ0v) is 11.2. The minimum absolute atomic E-state index is 0.0216. The van der Waals surface area contributed by atoms with E-state index in [9.17, 15) is 13.2 Å². The highest BCUT2D eigenvalue weighted by molar-refractivity contribution is 7.90. The first-order chi connectivity index (χ1) is 8.35. The van der Waals surface area contributed by atoms with Crippen LogP contribution in [0.15, 0.2) is 23.1 Å². The van der Waals surface area contributed by atoms with Crippen LogP contribution in [0, 0.1) is 6.92 Å². The van der Waals surface area contributed by atoms with Crippen molar-refractivity contribution < 1.29 is 13.2 Å². The summed E-state index contributed by atoms with van der Waals surface area (Å²) >= 11 is 0. The van der Waals surface area contributed by atoms with Crippen LogP contribution in [-0.2, 0) is 10.0 Å². The SMILES string of the molecule is CCCNC(=O)NS(=O)(=O)c1cc(C)cc(N)c1. The standard InChI is InChI=1S/C11H17N3O3S/c1-3-4-13-11(15)14-18(16,17)10-6-8(2)5-9(12)7-10/h5-7H,3-4,12H2,1-2H3,(H2,13,14,15). The van der Waals surface area contributed by atoms with Gasteiger partial charge in [-0.2, -0.15) is 0 Å². The molecular formula is C11H17N3O3S. The molecular weight excluding hydrogens is 254 g/mol. The zero-order valence-electron chi connectivity index (χ0n) is 10.4. The third-order valence-corrected chi connectivity index (χ3v) is 3.46. The average molecular weight is 271 g/mol. The van der Waals surface area contributed by atoms with Crippen molar-refractivity contribution in [3.63, 3.8) is 0 Å². The lowest BCUT2D eigenvalue weighted by Gasteiger charge is -2.09. The molecule has 0 spiro atoms. The first kappa shape index (κ1) is 14.3. The van der Waals surface area contributed by atoms with Gasteiger partial charge >= 0.3 is 6.03 Å². The van der Waals surface area contributed by atoms with Gasteiger partial charge in [-0.15, -0.1) is 0 Å². The van der Waals surface area contributed by atoms with Crippen LogP contribution in [0.1, 0.15) is 18.9 Å². The average Bonchev–Trinajstić information content (AvgIpc) is 2.24. The number of anilines is 1. The molecule has 0 atom stereocenters. The van der Waals surface area contributed by atoms with Gasteiger partial charge in [0.15, 0.2) is 0 Å². The summed E-state index contributed by atoms with van der Waals surface area (Å²) in [5, 5.41) is 2.43. The van der Waals surface area contributed by atoms with E-state index in [4.69, 9.17) is 5.73 Å². The lowest BCUT2D eigenvalue weighted by molar-refractivity contribution is 0.246. The van der Waals surface area contributed by atoms with Gasteiger partial charge in [0.05, 0.1) is 4.90 Å². The van der Waals surface area contributed by atoms with Gasteiger partial charge in [-0.3, -0.25) is 0 Å².